The average molecular weight is 191 g/mol. The van der Waals surface area contributed by atoms with E-state index in [1.807, 2.05) is 19.1 Å². The minimum atomic E-state index is 0.0544. The lowest BCUT2D eigenvalue weighted by Crippen LogP contribution is -2.11. The van der Waals surface area contributed by atoms with Crippen LogP contribution < -0.4 is 0 Å². The molecule has 0 amide bonds. The molecule has 1 unspecified atom stereocenters. The molecule has 0 radical (unpaired) electrons. The standard InChI is InChI=1S/C12H17NO/c1-3-6-11(12(14)4-2)10-7-5-8-13-9-10/h5,7-9,11H,3-4,6H2,1-2H3. The van der Waals surface area contributed by atoms with Crippen LogP contribution >= 0.6 is 0 Å². The van der Waals surface area contributed by atoms with Crippen molar-refractivity contribution in [2.45, 2.75) is 39.0 Å². The monoisotopic (exact) mass is 191 g/mol. The second kappa shape index (κ2) is 5.53. The van der Waals surface area contributed by atoms with E-state index in [9.17, 15) is 4.79 Å². The van der Waals surface area contributed by atoms with Crippen LogP contribution in [-0.2, 0) is 4.79 Å². The Labute approximate surface area is 85.4 Å². The molecule has 1 rings (SSSR count). The van der Waals surface area contributed by atoms with Gasteiger partial charge in [0.05, 0.1) is 0 Å². The third kappa shape index (κ3) is 2.66. The average Bonchev–Trinajstić information content (AvgIpc) is 2.26. The van der Waals surface area contributed by atoms with E-state index < -0.39 is 0 Å². The van der Waals surface area contributed by atoms with Gasteiger partial charge >= 0.3 is 0 Å². The maximum Gasteiger partial charge on any atom is 0.140 e. The fourth-order valence-electron chi connectivity index (χ4n) is 1.63. The minimum absolute atomic E-state index is 0.0544. The van der Waals surface area contributed by atoms with Gasteiger partial charge in [0.15, 0.2) is 0 Å². The molecule has 0 N–H and O–H groups in total. The van der Waals surface area contributed by atoms with Crippen molar-refractivity contribution in [1.29, 1.82) is 0 Å². The Bertz CT molecular complexity index is 282. The van der Waals surface area contributed by atoms with Gasteiger partial charge < -0.3 is 0 Å². The van der Waals surface area contributed by atoms with Gasteiger partial charge in [0.1, 0.15) is 5.78 Å². The van der Waals surface area contributed by atoms with Crippen molar-refractivity contribution in [2.75, 3.05) is 0 Å². The second-order valence-electron chi connectivity index (χ2n) is 3.45. The summed E-state index contributed by atoms with van der Waals surface area (Å²) in [6.45, 7) is 4.02. The van der Waals surface area contributed by atoms with Gasteiger partial charge in [-0.1, -0.05) is 26.3 Å². The Hall–Kier alpha value is -1.18. The van der Waals surface area contributed by atoms with E-state index in [2.05, 4.69) is 11.9 Å². The van der Waals surface area contributed by atoms with Gasteiger partial charge in [-0.2, -0.15) is 0 Å². The van der Waals surface area contributed by atoms with E-state index in [4.69, 9.17) is 0 Å². The summed E-state index contributed by atoms with van der Waals surface area (Å²) in [5.74, 6) is 0.374. The summed E-state index contributed by atoms with van der Waals surface area (Å²) in [6, 6.07) is 3.88. The Morgan fingerprint density at radius 3 is 2.79 bits per heavy atom. The SMILES string of the molecule is CCCC(C(=O)CC)c1cccnc1. The van der Waals surface area contributed by atoms with Gasteiger partial charge in [-0.15, -0.1) is 0 Å². The van der Waals surface area contributed by atoms with Gasteiger partial charge in [-0.05, 0) is 18.1 Å². The van der Waals surface area contributed by atoms with Gasteiger partial charge in [0.2, 0.25) is 0 Å². The number of carbonyl (C=O) groups excluding carboxylic acids is 1. The van der Waals surface area contributed by atoms with E-state index in [-0.39, 0.29) is 5.92 Å². The number of hydrogen-bond acceptors (Lipinski definition) is 2. The zero-order valence-electron chi connectivity index (χ0n) is 8.86. The number of pyridine rings is 1. The molecule has 0 bridgehead atoms. The molecule has 2 nitrogen and oxygen atoms in total. The number of Topliss-reactive ketones (excluding diaryl/α,β-unsaturated/α-hetero) is 1. The summed E-state index contributed by atoms with van der Waals surface area (Å²) < 4.78 is 0. The molecule has 0 aliphatic rings. The lowest BCUT2D eigenvalue weighted by Gasteiger charge is -2.13. The van der Waals surface area contributed by atoms with Gasteiger partial charge in [0, 0.05) is 24.7 Å². The van der Waals surface area contributed by atoms with Gasteiger partial charge in [0.25, 0.3) is 0 Å². The van der Waals surface area contributed by atoms with Crippen LogP contribution in [0.1, 0.15) is 44.6 Å². The normalized spacial score (nSPS) is 12.4. The highest BCUT2D eigenvalue weighted by Gasteiger charge is 2.17. The van der Waals surface area contributed by atoms with Crippen LogP contribution in [-0.4, -0.2) is 10.8 Å². The van der Waals surface area contributed by atoms with E-state index >= 15 is 0 Å². The summed E-state index contributed by atoms with van der Waals surface area (Å²) in [5, 5.41) is 0. The summed E-state index contributed by atoms with van der Waals surface area (Å²) in [7, 11) is 0. The fourth-order valence-corrected chi connectivity index (χ4v) is 1.63. The Kier molecular flexibility index (Phi) is 4.30. The second-order valence-corrected chi connectivity index (χ2v) is 3.45. The number of aromatic nitrogens is 1. The number of hydrogen-bond donors (Lipinski definition) is 0. The lowest BCUT2D eigenvalue weighted by atomic mass is 9.90. The molecule has 1 heterocycles. The molecule has 0 saturated heterocycles. The molecule has 0 spiro atoms. The Morgan fingerprint density at radius 2 is 2.29 bits per heavy atom. The highest BCUT2D eigenvalue weighted by atomic mass is 16.1. The van der Waals surface area contributed by atoms with E-state index in [0.29, 0.717) is 12.2 Å². The summed E-state index contributed by atoms with van der Waals surface area (Å²) in [4.78, 5) is 15.7. The highest BCUT2D eigenvalue weighted by molar-refractivity contribution is 5.85. The number of nitrogens with zero attached hydrogens (tertiary/aromatic N) is 1. The molecular weight excluding hydrogens is 174 g/mol. The molecule has 0 aliphatic carbocycles. The third-order valence-corrected chi connectivity index (χ3v) is 2.40. The van der Waals surface area contributed by atoms with Crippen LogP contribution in [0.2, 0.25) is 0 Å². The largest absolute Gasteiger partial charge is 0.299 e. The molecule has 14 heavy (non-hydrogen) atoms. The topological polar surface area (TPSA) is 30.0 Å². The molecular formula is C12H17NO. The van der Waals surface area contributed by atoms with Gasteiger partial charge in [-0.3, -0.25) is 9.78 Å². The van der Waals surface area contributed by atoms with Crippen molar-refractivity contribution in [3.63, 3.8) is 0 Å². The van der Waals surface area contributed by atoms with Crippen molar-refractivity contribution in [1.82, 2.24) is 4.98 Å². The van der Waals surface area contributed by atoms with E-state index in [1.165, 1.54) is 0 Å². The van der Waals surface area contributed by atoms with Crippen molar-refractivity contribution >= 4 is 5.78 Å². The molecule has 0 fully saturated rings. The minimum Gasteiger partial charge on any atom is -0.299 e. The van der Waals surface area contributed by atoms with Crippen LogP contribution in [0, 0.1) is 0 Å². The van der Waals surface area contributed by atoms with Crippen molar-refractivity contribution in [3.8, 4) is 0 Å². The predicted molar refractivity (Wildman–Crippen MR) is 57.2 cm³/mol. The van der Waals surface area contributed by atoms with E-state index in [1.54, 1.807) is 12.4 Å². The quantitative estimate of drug-likeness (QED) is 0.716. The lowest BCUT2D eigenvalue weighted by molar-refractivity contribution is -0.120. The smallest absolute Gasteiger partial charge is 0.140 e. The molecule has 1 aromatic heterocycles. The predicted octanol–water partition coefficient (Wildman–Crippen LogP) is 2.94. The Balaban J connectivity index is 2.83. The summed E-state index contributed by atoms with van der Waals surface area (Å²) in [6.07, 6.45) is 6.11. The van der Waals surface area contributed by atoms with Crippen molar-refractivity contribution in [2.24, 2.45) is 0 Å². The van der Waals surface area contributed by atoms with Crippen LogP contribution in [0.4, 0.5) is 0 Å². The zero-order chi connectivity index (χ0) is 10.4. The molecule has 0 aromatic carbocycles. The highest BCUT2D eigenvalue weighted by Crippen LogP contribution is 2.22. The maximum atomic E-state index is 11.7. The number of ketones is 1. The summed E-state index contributed by atoms with van der Waals surface area (Å²) in [5.41, 5.74) is 1.06. The first-order valence-electron chi connectivity index (χ1n) is 5.22. The molecule has 0 aliphatic heterocycles. The molecule has 1 aromatic rings. The maximum absolute atomic E-state index is 11.7. The first-order chi connectivity index (χ1) is 6.79. The Morgan fingerprint density at radius 1 is 1.50 bits per heavy atom. The molecule has 2 heteroatoms. The van der Waals surface area contributed by atoms with Crippen LogP contribution in [0.3, 0.4) is 0 Å². The van der Waals surface area contributed by atoms with Gasteiger partial charge in [-0.25, -0.2) is 0 Å². The van der Waals surface area contributed by atoms with E-state index in [0.717, 1.165) is 18.4 Å². The summed E-state index contributed by atoms with van der Waals surface area (Å²) >= 11 is 0. The molecule has 1 atom stereocenters. The molecule has 76 valence electrons. The van der Waals surface area contributed by atoms with Crippen LogP contribution in [0.15, 0.2) is 24.5 Å². The van der Waals surface area contributed by atoms with Crippen molar-refractivity contribution in [3.05, 3.63) is 30.1 Å². The van der Waals surface area contributed by atoms with Crippen molar-refractivity contribution < 1.29 is 4.79 Å². The zero-order valence-corrected chi connectivity index (χ0v) is 8.86. The third-order valence-electron chi connectivity index (χ3n) is 2.40. The number of carbonyl (C=O) groups is 1. The fraction of sp³-hybridized carbons (Fsp3) is 0.500. The first-order valence-corrected chi connectivity index (χ1v) is 5.22. The number of rotatable bonds is 5. The first kappa shape index (κ1) is 10.9. The van der Waals surface area contributed by atoms with Crippen LogP contribution in [0.5, 0.6) is 0 Å². The van der Waals surface area contributed by atoms with Crippen LogP contribution in [0.25, 0.3) is 0 Å². The molecule has 0 saturated carbocycles.